The highest BCUT2D eigenvalue weighted by Crippen LogP contribution is 2.32. The molecule has 196 valence electrons. The predicted octanol–water partition coefficient (Wildman–Crippen LogP) is 3.38. The van der Waals surface area contributed by atoms with Gasteiger partial charge in [0.05, 0.1) is 35.6 Å². The number of methoxy groups -OCH3 is 1. The number of carboxylic acid groups (broad SMARTS) is 2. The van der Waals surface area contributed by atoms with Crippen LogP contribution in [0, 0.1) is 0 Å². The molecule has 0 bridgehead atoms. The van der Waals surface area contributed by atoms with Gasteiger partial charge in [0.15, 0.2) is 0 Å². The Labute approximate surface area is 223 Å². The molecule has 1 aliphatic heterocycles. The number of carbonyl (C=O) groups is 3. The molecule has 1 fully saturated rings. The number of aromatic nitrogens is 1. The number of carboxylic acids is 2. The summed E-state index contributed by atoms with van der Waals surface area (Å²) < 4.78 is 5.46. The van der Waals surface area contributed by atoms with Crippen LogP contribution in [0.25, 0.3) is 10.6 Å². The fraction of sp³-hybridized carbons (Fsp3) is 0.280. The average molecular weight is 547 g/mol. The second-order valence-electron chi connectivity index (χ2n) is 8.03. The minimum absolute atomic E-state index is 0.0394. The summed E-state index contributed by atoms with van der Waals surface area (Å²) in [6, 6.07) is 15.2. The van der Waals surface area contributed by atoms with Crippen molar-refractivity contribution in [3.63, 3.8) is 0 Å². The van der Waals surface area contributed by atoms with E-state index in [0.29, 0.717) is 17.3 Å². The SMILES string of the molecule is COc1ccccc1-c1nc(CN2CCN(CC(=O)Nc3ccccc3Cl)CC2)cs1.O=C(O)C(=O)O. The molecule has 0 spiro atoms. The quantitative estimate of drug-likeness (QED) is 0.381. The summed E-state index contributed by atoms with van der Waals surface area (Å²) in [6.07, 6.45) is 0. The van der Waals surface area contributed by atoms with Crippen molar-refractivity contribution in [2.45, 2.75) is 6.54 Å². The zero-order valence-electron chi connectivity index (χ0n) is 20.1. The standard InChI is InChI=1S/C23H25ClN4O2S.C2H2O4/c1-30-21-9-5-2-6-18(21)23-25-17(16-31-23)14-27-10-12-28(13-11-27)15-22(29)26-20-8-4-3-7-19(20)24;3-1(4)2(5)6/h2-9,16H,10-15H2,1H3,(H,26,29);(H,3,4)(H,5,6). The number of carbonyl (C=O) groups excluding carboxylic acids is 1. The lowest BCUT2D eigenvalue weighted by atomic mass is 10.2. The molecule has 37 heavy (non-hydrogen) atoms. The molecule has 1 amide bonds. The Balaban J connectivity index is 0.000000568. The molecule has 2 heterocycles. The van der Waals surface area contributed by atoms with E-state index in [-0.39, 0.29) is 5.91 Å². The first kappa shape index (κ1) is 28.1. The van der Waals surface area contributed by atoms with Gasteiger partial charge in [-0.05, 0) is 24.3 Å². The molecule has 3 aromatic rings. The van der Waals surface area contributed by atoms with Crippen molar-refractivity contribution in [1.29, 1.82) is 0 Å². The summed E-state index contributed by atoms with van der Waals surface area (Å²) in [7, 11) is 1.68. The van der Waals surface area contributed by atoms with Crippen molar-refractivity contribution in [2.24, 2.45) is 0 Å². The monoisotopic (exact) mass is 546 g/mol. The Bertz CT molecular complexity index is 1220. The minimum atomic E-state index is -1.82. The van der Waals surface area contributed by atoms with Crippen LogP contribution in [0.15, 0.2) is 53.9 Å². The van der Waals surface area contributed by atoms with Crippen molar-refractivity contribution in [3.8, 4) is 16.3 Å². The van der Waals surface area contributed by atoms with E-state index in [1.165, 1.54) is 0 Å². The highest BCUT2D eigenvalue weighted by Gasteiger charge is 2.20. The lowest BCUT2D eigenvalue weighted by molar-refractivity contribution is -0.159. The van der Waals surface area contributed by atoms with Crippen LogP contribution in [0.3, 0.4) is 0 Å². The van der Waals surface area contributed by atoms with Gasteiger partial charge in [-0.15, -0.1) is 11.3 Å². The molecule has 1 aliphatic rings. The third-order valence-corrected chi connectivity index (χ3v) is 6.69. The first-order chi connectivity index (χ1) is 17.8. The van der Waals surface area contributed by atoms with E-state index < -0.39 is 11.9 Å². The van der Waals surface area contributed by atoms with Crippen molar-refractivity contribution >= 4 is 46.5 Å². The number of hydrogen-bond acceptors (Lipinski definition) is 8. The third kappa shape index (κ3) is 8.53. The number of nitrogens with one attached hydrogen (secondary N) is 1. The molecule has 0 aliphatic carbocycles. The van der Waals surface area contributed by atoms with E-state index >= 15 is 0 Å². The molecule has 1 saturated heterocycles. The molecule has 0 unspecified atom stereocenters. The van der Waals surface area contributed by atoms with Crippen LogP contribution < -0.4 is 10.1 Å². The molecule has 12 heteroatoms. The first-order valence-electron chi connectivity index (χ1n) is 11.3. The summed E-state index contributed by atoms with van der Waals surface area (Å²) in [5, 5.41) is 21.3. The second-order valence-corrected chi connectivity index (χ2v) is 9.30. The van der Waals surface area contributed by atoms with Crippen molar-refractivity contribution in [1.82, 2.24) is 14.8 Å². The van der Waals surface area contributed by atoms with Crippen LogP contribution >= 0.6 is 22.9 Å². The van der Waals surface area contributed by atoms with E-state index in [9.17, 15) is 4.79 Å². The van der Waals surface area contributed by atoms with Gasteiger partial charge < -0.3 is 20.3 Å². The fourth-order valence-electron chi connectivity index (χ4n) is 3.61. The number of hydrogen-bond donors (Lipinski definition) is 3. The highest BCUT2D eigenvalue weighted by molar-refractivity contribution is 7.13. The Morgan fingerprint density at radius 2 is 1.62 bits per heavy atom. The smallest absolute Gasteiger partial charge is 0.414 e. The number of amides is 1. The molecule has 1 aromatic heterocycles. The summed E-state index contributed by atoms with van der Waals surface area (Å²) >= 11 is 7.76. The lowest BCUT2D eigenvalue weighted by Crippen LogP contribution is -2.48. The predicted molar refractivity (Wildman–Crippen MR) is 141 cm³/mol. The number of anilines is 1. The first-order valence-corrected chi connectivity index (χ1v) is 12.6. The van der Waals surface area contributed by atoms with Crippen LogP contribution in [0.4, 0.5) is 5.69 Å². The summed E-state index contributed by atoms with van der Waals surface area (Å²) in [4.78, 5) is 39.9. The molecule has 0 radical (unpaired) electrons. The molecular formula is C25H27ClN4O6S. The topological polar surface area (TPSA) is 132 Å². The number of rotatable bonds is 7. The van der Waals surface area contributed by atoms with E-state index in [1.807, 2.05) is 42.5 Å². The van der Waals surface area contributed by atoms with E-state index in [4.69, 9.17) is 41.1 Å². The van der Waals surface area contributed by atoms with Gasteiger partial charge in [0.25, 0.3) is 0 Å². The minimum Gasteiger partial charge on any atom is -0.496 e. The number of ether oxygens (including phenoxy) is 1. The molecule has 0 atom stereocenters. The fourth-order valence-corrected chi connectivity index (χ4v) is 4.64. The zero-order chi connectivity index (χ0) is 26.8. The van der Waals surface area contributed by atoms with Gasteiger partial charge in [0.2, 0.25) is 5.91 Å². The number of para-hydroxylation sites is 2. The van der Waals surface area contributed by atoms with Gasteiger partial charge >= 0.3 is 11.9 Å². The van der Waals surface area contributed by atoms with Gasteiger partial charge in [-0.3, -0.25) is 14.6 Å². The van der Waals surface area contributed by atoms with Crippen LogP contribution in [0.2, 0.25) is 5.02 Å². The number of nitrogens with zero attached hydrogens (tertiary/aromatic N) is 3. The van der Waals surface area contributed by atoms with Gasteiger partial charge in [-0.2, -0.15) is 0 Å². The average Bonchev–Trinajstić information content (AvgIpc) is 3.35. The molecule has 4 rings (SSSR count). The Kier molecular flexibility index (Phi) is 10.4. The maximum Gasteiger partial charge on any atom is 0.414 e. The van der Waals surface area contributed by atoms with Crippen molar-refractivity contribution < 1.29 is 29.3 Å². The van der Waals surface area contributed by atoms with E-state index in [0.717, 1.165) is 54.7 Å². The van der Waals surface area contributed by atoms with Gasteiger partial charge in [-0.25, -0.2) is 14.6 Å². The Morgan fingerprint density at radius 1 is 1.00 bits per heavy atom. The van der Waals surface area contributed by atoms with Crippen LogP contribution in [-0.2, 0) is 20.9 Å². The largest absolute Gasteiger partial charge is 0.496 e. The summed E-state index contributed by atoms with van der Waals surface area (Å²) in [6.45, 7) is 4.68. The zero-order valence-corrected chi connectivity index (χ0v) is 21.7. The van der Waals surface area contributed by atoms with Gasteiger partial charge in [0, 0.05) is 38.1 Å². The van der Waals surface area contributed by atoms with Crippen molar-refractivity contribution in [3.05, 3.63) is 64.6 Å². The summed E-state index contributed by atoms with van der Waals surface area (Å²) in [5.74, 6) is -2.85. The van der Waals surface area contributed by atoms with Crippen LogP contribution in [-0.4, -0.2) is 82.7 Å². The maximum atomic E-state index is 12.4. The van der Waals surface area contributed by atoms with Crippen molar-refractivity contribution in [2.75, 3.05) is 45.2 Å². The summed E-state index contributed by atoms with van der Waals surface area (Å²) in [5.41, 5.74) is 2.74. The van der Waals surface area contributed by atoms with Crippen LogP contribution in [0.1, 0.15) is 5.69 Å². The third-order valence-electron chi connectivity index (χ3n) is 5.44. The number of aliphatic carboxylic acids is 2. The van der Waals surface area contributed by atoms with E-state index in [2.05, 4.69) is 20.5 Å². The highest BCUT2D eigenvalue weighted by atomic mass is 35.5. The van der Waals surface area contributed by atoms with Crippen LogP contribution in [0.5, 0.6) is 5.75 Å². The van der Waals surface area contributed by atoms with Gasteiger partial charge in [-0.1, -0.05) is 35.9 Å². The molecule has 10 nitrogen and oxygen atoms in total. The molecule has 2 aromatic carbocycles. The number of benzene rings is 2. The second kappa shape index (κ2) is 13.7. The van der Waals surface area contributed by atoms with E-state index in [1.54, 1.807) is 24.5 Å². The molecule has 0 saturated carbocycles. The van der Waals surface area contributed by atoms with Gasteiger partial charge in [0.1, 0.15) is 10.8 Å². The number of thiazole rings is 1. The normalized spacial score (nSPS) is 13.8. The molecule has 3 N–H and O–H groups in total. The Hall–Kier alpha value is -3.51. The maximum absolute atomic E-state index is 12.4. The number of piperazine rings is 1. The lowest BCUT2D eigenvalue weighted by Gasteiger charge is -2.33. The molecular weight excluding hydrogens is 520 g/mol. The number of halogens is 1. The Morgan fingerprint density at radius 3 is 2.27 bits per heavy atom.